The molecule has 0 saturated carbocycles. The van der Waals surface area contributed by atoms with Crippen molar-refractivity contribution in [2.45, 2.75) is 19.4 Å². The van der Waals surface area contributed by atoms with Crippen molar-refractivity contribution < 1.29 is 14.3 Å². The highest BCUT2D eigenvalue weighted by molar-refractivity contribution is 7.17. The molecule has 3 rings (SSSR count). The summed E-state index contributed by atoms with van der Waals surface area (Å²) in [4.78, 5) is 39.8. The first kappa shape index (κ1) is 24.6. The average molecular weight is 492 g/mol. The maximum atomic E-state index is 12.8. The molecule has 0 aliphatic rings. The van der Waals surface area contributed by atoms with Gasteiger partial charge in [0.05, 0.1) is 24.2 Å². The van der Waals surface area contributed by atoms with Crippen molar-refractivity contribution in [3.63, 3.8) is 0 Å². The third-order valence-corrected chi connectivity index (χ3v) is 5.84. The molecule has 0 saturated heterocycles. The lowest BCUT2D eigenvalue weighted by Crippen LogP contribution is -2.42. The summed E-state index contributed by atoms with van der Waals surface area (Å²) in [5.41, 5.74) is 0.793. The average Bonchev–Trinajstić information content (AvgIpc) is 3.51. The highest BCUT2D eigenvalue weighted by Gasteiger charge is 2.21. The topological polar surface area (TPSA) is 114 Å². The third kappa shape index (κ3) is 7.81. The highest BCUT2D eigenvalue weighted by Crippen LogP contribution is 2.23. The number of thiazole rings is 1. The van der Waals surface area contributed by atoms with Crippen LogP contribution in [0.4, 0.5) is 9.93 Å². The molecule has 0 unspecified atom stereocenters. The highest BCUT2D eigenvalue weighted by atomic mass is 35.5. The quantitative estimate of drug-likeness (QED) is 0.376. The van der Waals surface area contributed by atoms with Crippen LogP contribution in [0.25, 0.3) is 0 Å². The Morgan fingerprint density at radius 2 is 2.09 bits per heavy atom. The van der Waals surface area contributed by atoms with Crippen LogP contribution in [-0.4, -0.2) is 64.8 Å². The Morgan fingerprint density at radius 1 is 1.21 bits per heavy atom. The van der Waals surface area contributed by atoms with E-state index in [-0.39, 0.29) is 11.9 Å². The second kappa shape index (κ2) is 12.9. The van der Waals surface area contributed by atoms with Crippen LogP contribution in [-0.2, 0) is 17.7 Å². The second-order valence-electron chi connectivity index (χ2n) is 7.01. The zero-order valence-corrected chi connectivity index (χ0v) is 19.8. The molecule has 0 bridgehead atoms. The number of nitrogens with zero attached hydrogens (tertiary/aromatic N) is 5. The van der Waals surface area contributed by atoms with E-state index in [0.717, 1.165) is 30.0 Å². The lowest BCUT2D eigenvalue weighted by molar-refractivity contribution is 0.0956. The number of pyridine rings is 1. The van der Waals surface area contributed by atoms with Gasteiger partial charge in [0, 0.05) is 64.0 Å². The number of urea groups is 1. The molecule has 12 heteroatoms. The number of ether oxygens (including phenoxy) is 1. The summed E-state index contributed by atoms with van der Waals surface area (Å²) >= 11 is 7.06. The number of methoxy groups -OCH3 is 1. The van der Waals surface area contributed by atoms with Crippen LogP contribution >= 0.6 is 22.9 Å². The minimum Gasteiger partial charge on any atom is -0.383 e. The van der Waals surface area contributed by atoms with Crippen LogP contribution in [0.15, 0.2) is 43.2 Å². The summed E-state index contributed by atoms with van der Waals surface area (Å²) in [6.45, 7) is 2.38. The van der Waals surface area contributed by atoms with Gasteiger partial charge in [-0.05, 0) is 18.6 Å². The van der Waals surface area contributed by atoms with E-state index < -0.39 is 0 Å². The molecule has 3 aromatic rings. The molecule has 0 spiro atoms. The van der Waals surface area contributed by atoms with Crippen LogP contribution in [0.1, 0.15) is 21.8 Å². The molecular weight excluding hydrogens is 466 g/mol. The van der Waals surface area contributed by atoms with Crippen molar-refractivity contribution in [3.05, 3.63) is 58.8 Å². The standard InChI is InChI=1S/C21H26ClN7O3S/c1-32-12-8-25-20(31)29(10-5-17-4-3-16(22)13-26-17)21-27-14-18(33-21)19(30)24-6-2-9-28-11-7-23-15-28/h3-4,7,11,13-15H,2,5-6,8-10,12H2,1H3,(H,24,30)(H,25,31). The van der Waals surface area contributed by atoms with E-state index in [0.29, 0.717) is 47.7 Å². The van der Waals surface area contributed by atoms with E-state index in [1.165, 1.54) is 11.1 Å². The molecular formula is C21H26ClN7O3S. The first-order chi connectivity index (χ1) is 16.1. The molecule has 0 fully saturated rings. The minimum atomic E-state index is -0.317. The van der Waals surface area contributed by atoms with Crippen LogP contribution in [0.2, 0.25) is 5.02 Å². The summed E-state index contributed by atoms with van der Waals surface area (Å²) in [6.07, 6.45) is 9.67. The van der Waals surface area contributed by atoms with Gasteiger partial charge in [0.15, 0.2) is 5.13 Å². The maximum Gasteiger partial charge on any atom is 0.323 e. The number of carbonyl (C=O) groups excluding carboxylic acids is 2. The molecule has 2 N–H and O–H groups in total. The number of carbonyl (C=O) groups is 2. The number of aromatic nitrogens is 4. The van der Waals surface area contributed by atoms with Crippen molar-refractivity contribution >= 4 is 40.0 Å². The Labute approximate surface area is 201 Å². The molecule has 3 aromatic heterocycles. The van der Waals surface area contributed by atoms with Crippen LogP contribution in [0.5, 0.6) is 0 Å². The van der Waals surface area contributed by atoms with Crippen molar-refractivity contribution in [2.24, 2.45) is 0 Å². The van der Waals surface area contributed by atoms with Crippen molar-refractivity contribution in [3.8, 4) is 0 Å². The predicted molar refractivity (Wildman–Crippen MR) is 127 cm³/mol. The fourth-order valence-corrected chi connectivity index (χ4v) is 3.85. The van der Waals surface area contributed by atoms with Gasteiger partial charge in [-0.1, -0.05) is 22.9 Å². The van der Waals surface area contributed by atoms with Gasteiger partial charge in [-0.3, -0.25) is 14.7 Å². The van der Waals surface area contributed by atoms with E-state index in [2.05, 4.69) is 25.6 Å². The van der Waals surface area contributed by atoms with Gasteiger partial charge in [-0.25, -0.2) is 14.8 Å². The zero-order valence-electron chi connectivity index (χ0n) is 18.2. The largest absolute Gasteiger partial charge is 0.383 e. The zero-order chi connectivity index (χ0) is 23.5. The Bertz CT molecular complexity index is 1010. The smallest absolute Gasteiger partial charge is 0.323 e. The van der Waals surface area contributed by atoms with Gasteiger partial charge in [0.1, 0.15) is 4.88 Å². The van der Waals surface area contributed by atoms with Crippen molar-refractivity contribution in [2.75, 3.05) is 38.3 Å². The number of rotatable bonds is 12. The first-order valence-corrected chi connectivity index (χ1v) is 11.6. The molecule has 0 aliphatic heterocycles. The molecule has 3 heterocycles. The van der Waals surface area contributed by atoms with E-state index in [9.17, 15) is 9.59 Å². The summed E-state index contributed by atoms with van der Waals surface area (Å²) in [5, 5.41) is 6.67. The van der Waals surface area contributed by atoms with Crippen molar-refractivity contribution in [1.82, 2.24) is 30.2 Å². The monoisotopic (exact) mass is 491 g/mol. The number of hydrogen-bond acceptors (Lipinski definition) is 7. The Hall–Kier alpha value is -3.02. The molecule has 0 aromatic carbocycles. The fraction of sp³-hybridized carbons (Fsp3) is 0.381. The SMILES string of the molecule is COCCNC(=O)N(CCc1ccc(Cl)cn1)c1ncc(C(=O)NCCCn2ccnc2)s1. The van der Waals surface area contributed by atoms with Crippen LogP contribution in [0, 0.1) is 0 Å². The fourth-order valence-electron chi connectivity index (χ4n) is 2.88. The number of halogens is 1. The van der Waals surface area contributed by atoms with Gasteiger partial charge in [-0.15, -0.1) is 0 Å². The summed E-state index contributed by atoms with van der Waals surface area (Å²) < 4.78 is 6.95. The number of nitrogens with one attached hydrogen (secondary N) is 2. The van der Waals surface area contributed by atoms with Crippen LogP contribution < -0.4 is 15.5 Å². The second-order valence-corrected chi connectivity index (χ2v) is 8.46. The van der Waals surface area contributed by atoms with Gasteiger partial charge in [0.25, 0.3) is 5.91 Å². The number of anilines is 1. The van der Waals surface area contributed by atoms with E-state index in [1.54, 1.807) is 31.9 Å². The minimum absolute atomic E-state index is 0.219. The molecule has 0 radical (unpaired) electrons. The number of hydrogen-bond donors (Lipinski definition) is 2. The normalized spacial score (nSPS) is 10.7. The van der Waals surface area contributed by atoms with E-state index in [1.807, 2.05) is 16.8 Å². The predicted octanol–water partition coefficient (Wildman–Crippen LogP) is 2.61. The number of imidazole rings is 1. The molecule has 0 atom stereocenters. The lowest BCUT2D eigenvalue weighted by atomic mass is 10.2. The molecule has 3 amide bonds. The van der Waals surface area contributed by atoms with Crippen molar-refractivity contribution in [1.29, 1.82) is 0 Å². The van der Waals surface area contributed by atoms with Gasteiger partial charge in [-0.2, -0.15) is 0 Å². The van der Waals surface area contributed by atoms with Gasteiger partial charge < -0.3 is 19.9 Å². The molecule has 10 nitrogen and oxygen atoms in total. The molecule has 176 valence electrons. The van der Waals surface area contributed by atoms with Crippen LogP contribution in [0.3, 0.4) is 0 Å². The lowest BCUT2D eigenvalue weighted by Gasteiger charge is -2.20. The summed E-state index contributed by atoms with van der Waals surface area (Å²) in [6, 6.07) is 3.25. The summed E-state index contributed by atoms with van der Waals surface area (Å²) in [7, 11) is 1.57. The van der Waals surface area contributed by atoms with E-state index in [4.69, 9.17) is 16.3 Å². The maximum absolute atomic E-state index is 12.8. The van der Waals surface area contributed by atoms with Gasteiger partial charge >= 0.3 is 6.03 Å². The Kier molecular flexibility index (Phi) is 9.60. The third-order valence-electron chi connectivity index (χ3n) is 4.59. The summed E-state index contributed by atoms with van der Waals surface area (Å²) in [5.74, 6) is -0.219. The Balaban J connectivity index is 1.59. The molecule has 33 heavy (non-hydrogen) atoms. The number of aryl methyl sites for hydroxylation is 1. The van der Waals surface area contributed by atoms with E-state index >= 15 is 0 Å². The van der Waals surface area contributed by atoms with Gasteiger partial charge in [0.2, 0.25) is 0 Å². The first-order valence-electron chi connectivity index (χ1n) is 10.4. The Morgan fingerprint density at radius 3 is 2.82 bits per heavy atom. The molecule has 0 aliphatic carbocycles. The number of amides is 3.